The van der Waals surface area contributed by atoms with Gasteiger partial charge in [-0.3, -0.25) is 4.79 Å². The molecule has 21 heavy (non-hydrogen) atoms. The molecule has 0 saturated carbocycles. The number of halogens is 2. The summed E-state index contributed by atoms with van der Waals surface area (Å²) in [6.45, 7) is 5.24. The predicted octanol–water partition coefficient (Wildman–Crippen LogP) is 2.47. The number of anilines is 1. The van der Waals surface area contributed by atoms with Crippen molar-refractivity contribution in [2.75, 3.05) is 38.0 Å². The van der Waals surface area contributed by atoms with Crippen LogP contribution in [-0.2, 0) is 4.79 Å². The Balaban J connectivity index is 1.47. The van der Waals surface area contributed by atoms with Crippen molar-refractivity contribution in [3.8, 4) is 0 Å². The first-order valence-electron chi connectivity index (χ1n) is 7.30. The van der Waals surface area contributed by atoms with Crippen LogP contribution in [0.15, 0.2) is 18.2 Å². The van der Waals surface area contributed by atoms with E-state index in [0.717, 1.165) is 44.6 Å². The normalized spacial score (nSPS) is 25.0. The first-order valence-corrected chi connectivity index (χ1v) is 8.05. The number of nitrogens with one attached hydrogen (secondary N) is 2. The Hall–Kier alpha value is -0.810. The van der Waals surface area contributed by atoms with E-state index in [1.807, 2.05) is 0 Å². The summed E-state index contributed by atoms with van der Waals surface area (Å²) >= 11 is 12.0. The standard InChI is InChI=1S/C15H19Cl2N3O/c16-12-1-2-13(17)14(5-12)19-15(21)3-4-20-8-10-6-18-7-11(10)9-20/h1-2,5,10-11,18H,3-4,6-9H2,(H,19,21)/t10-,11+. The van der Waals surface area contributed by atoms with E-state index in [1.54, 1.807) is 18.2 Å². The molecule has 2 N–H and O–H groups in total. The van der Waals surface area contributed by atoms with Gasteiger partial charge in [-0.25, -0.2) is 0 Å². The average Bonchev–Trinajstić information content (AvgIpc) is 3.01. The Morgan fingerprint density at radius 2 is 2.00 bits per heavy atom. The van der Waals surface area contributed by atoms with Crippen LogP contribution in [0.5, 0.6) is 0 Å². The van der Waals surface area contributed by atoms with Gasteiger partial charge in [-0.15, -0.1) is 0 Å². The number of hydrogen-bond donors (Lipinski definition) is 2. The monoisotopic (exact) mass is 327 g/mol. The molecule has 3 rings (SSSR count). The lowest BCUT2D eigenvalue weighted by Crippen LogP contribution is -2.29. The molecule has 6 heteroatoms. The molecule has 0 bridgehead atoms. The Morgan fingerprint density at radius 3 is 2.71 bits per heavy atom. The van der Waals surface area contributed by atoms with Crippen LogP contribution < -0.4 is 10.6 Å². The highest BCUT2D eigenvalue weighted by Gasteiger charge is 2.35. The summed E-state index contributed by atoms with van der Waals surface area (Å²) in [6.07, 6.45) is 0.482. The number of rotatable bonds is 4. The summed E-state index contributed by atoms with van der Waals surface area (Å²) < 4.78 is 0. The second-order valence-electron chi connectivity index (χ2n) is 5.86. The number of hydrogen-bond acceptors (Lipinski definition) is 3. The topological polar surface area (TPSA) is 44.4 Å². The van der Waals surface area contributed by atoms with Crippen LogP contribution in [0.1, 0.15) is 6.42 Å². The van der Waals surface area contributed by atoms with Gasteiger partial charge in [0.25, 0.3) is 0 Å². The van der Waals surface area contributed by atoms with Gasteiger partial charge in [0.2, 0.25) is 5.91 Å². The third-order valence-corrected chi connectivity index (χ3v) is 4.89. The Morgan fingerprint density at radius 1 is 1.29 bits per heavy atom. The molecule has 2 aliphatic rings. The van der Waals surface area contributed by atoms with E-state index >= 15 is 0 Å². The zero-order chi connectivity index (χ0) is 14.8. The Labute approximate surface area is 134 Å². The van der Waals surface area contributed by atoms with Crippen molar-refractivity contribution in [1.82, 2.24) is 10.2 Å². The van der Waals surface area contributed by atoms with Crippen molar-refractivity contribution in [1.29, 1.82) is 0 Å². The van der Waals surface area contributed by atoms with Crippen LogP contribution in [0, 0.1) is 11.8 Å². The predicted molar refractivity (Wildman–Crippen MR) is 86.0 cm³/mol. The highest BCUT2D eigenvalue weighted by atomic mass is 35.5. The van der Waals surface area contributed by atoms with E-state index in [4.69, 9.17) is 23.2 Å². The van der Waals surface area contributed by atoms with E-state index in [9.17, 15) is 4.79 Å². The Bertz CT molecular complexity index is 526. The maximum absolute atomic E-state index is 12.0. The number of benzene rings is 1. The molecule has 0 aliphatic carbocycles. The van der Waals surface area contributed by atoms with Gasteiger partial charge in [-0.1, -0.05) is 23.2 Å². The molecule has 114 valence electrons. The van der Waals surface area contributed by atoms with E-state index < -0.39 is 0 Å². The number of carbonyl (C=O) groups excluding carboxylic acids is 1. The van der Waals surface area contributed by atoms with Crippen molar-refractivity contribution in [3.05, 3.63) is 28.2 Å². The van der Waals surface area contributed by atoms with Crippen molar-refractivity contribution in [2.45, 2.75) is 6.42 Å². The van der Waals surface area contributed by atoms with Gasteiger partial charge < -0.3 is 15.5 Å². The molecule has 0 unspecified atom stereocenters. The number of likely N-dealkylation sites (tertiary alicyclic amines) is 1. The van der Waals surface area contributed by atoms with Crippen molar-refractivity contribution >= 4 is 34.8 Å². The molecular formula is C15H19Cl2N3O. The van der Waals surface area contributed by atoms with Gasteiger partial charge in [-0.2, -0.15) is 0 Å². The summed E-state index contributed by atoms with van der Waals surface area (Å²) in [6, 6.07) is 5.07. The molecule has 2 fully saturated rings. The fourth-order valence-corrected chi connectivity index (χ4v) is 3.54. The van der Waals surface area contributed by atoms with Crippen LogP contribution in [0.3, 0.4) is 0 Å². The van der Waals surface area contributed by atoms with Gasteiger partial charge in [0.05, 0.1) is 10.7 Å². The minimum Gasteiger partial charge on any atom is -0.325 e. The lowest BCUT2D eigenvalue weighted by molar-refractivity contribution is -0.116. The lowest BCUT2D eigenvalue weighted by atomic mass is 10.0. The second-order valence-corrected chi connectivity index (χ2v) is 6.70. The minimum atomic E-state index is -0.0191. The van der Waals surface area contributed by atoms with Crippen LogP contribution in [0.4, 0.5) is 5.69 Å². The van der Waals surface area contributed by atoms with E-state index in [-0.39, 0.29) is 5.91 Å². The van der Waals surface area contributed by atoms with Gasteiger partial charge in [0.1, 0.15) is 0 Å². The lowest BCUT2D eigenvalue weighted by Gasteiger charge is -2.16. The summed E-state index contributed by atoms with van der Waals surface area (Å²) in [5.41, 5.74) is 0.580. The minimum absolute atomic E-state index is 0.0191. The van der Waals surface area contributed by atoms with Gasteiger partial charge in [-0.05, 0) is 43.1 Å². The Kier molecular flexibility index (Phi) is 4.69. The molecule has 4 nitrogen and oxygen atoms in total. The smallest absolute Gasteiger partial charge is 0.225 e. The highest BCUT2D eigenvalue weighted by Crippen LogP contribution is 2.27. The maximum Gasteiger partial charge on any atom is 0.225 e. The SMILES string of the molecule is O=C(CCN1C[C@H]2CNC[C@H]2C1)Nc1cc(Cl)ccc1Cl. The molecule has 0 spiro atoms. The maximum atomic E-state index is 12.0. The molecular weight excluding hydrogens is 309 g/mol. The molecule has 0 aromatic heterocycles. The molecule has 0 radical (unpaired) electrons. The fourth-order valence-electron chi connectivity index (χ4n) is 3.20. The summed E-state index contributed by atoms with van der Waals surface area (Å²) in [7, 11) is 0. The van der Waals surface area contributed by atoms with Crippen molar-refractivity contribution in [3.63, 3.8) is 0 Å². The molecule has 1 aromatic rings. The molecule has 1 aromatic carbocycles. The second kappa shape index (κ2) is 6.53. The van der Waals surface area contributed by atoms with Crippen LogP contribution in [0.25, 0.3) is 0 Å². The van der Waals surface area contributed by atoms with E-state index in [0.29, 0.717) is 22.2 Å². The van der Waals surface area contributed by atoms with Gasteiger partial charge >= 0.3 is 0 Å². The van der Waals surface area contributed by atoms with Crippen LogP contribution in [-0.4, -0.2) is 43.5 Å². The number of carbonyl (C=O) groups is 1. The third-order valence-electron chi connectivity index (χ3n) is 4.32. The molecule has 2 heterocycles. The summed E-state index contributed by atoms with van der Waals surface area (Å²) in [5, 5.41) is 7.33. The first-order chi connectivity index (χ1) is 10.1. The van der Waals surface area contributed by atoms with Gasteiger partial charge in [0.15, 0.2) is 0 Å². The number of amides is 1. The molecule has 2 aliphatic heterocycles. The van der Waals surface area contributed by atoms with Crippen LogP contribution >= 0.6 is 23.2 Å². The first kappa shape index (κ1) is 15.1. The van der Waals surface area contributed by atoms with E-state index in [1.165, 1.54) is 0 Å². The molecule has 1 amide bonds. The molecule has 2 atom stereocenters. The van der Waals surface area contributed by atoms with Crippen LogP contribution in [0.2, 0.25) is 10.0 Å². The quantitative estimate of drug-likeness (QED) is 0.892. The van der Waals surface area contributed by atoms with Crippen molar-refractivity contribution < 1.29 is 4.79 Å². The average molecular weight is 328 g/mol. The largest absolute Gasteiger partial charge is 0.325 e. The summed E-state index contributed by atoms with van der Waals surface area (Å²) in [5.74, 6) is 1.50. The van der Waals surface area contributed by atoms with E-state index in [2.05, 4.69) is 15.5 Å². The number of nitrogens with zero attached hydrogens (tertiary/aromatic N) is 1. The molecule has 2 saturated heterocycles. The summed E-state index contributed by atoms with van der Waals surface area (Å²) in [4.78, 5) is 14.4. The zero-order valence-corrected chi connectivity index (χ0v) is 13.3. The third kappa shape index (κ3) is 3.69. The number of fused-ring (bicyclic) bond motifs is 1. The van der Waals surface area contributed by atoms with Crippen molar-refractivity contribution in [2.24, 2.45) is 11.8 Å². The fraction of sp³-hybridized carbons (Fsp3) is 0.533. The highest BCUT2D eigenvalue weighted by molar-refractivity contribution is 6.35. The zero-order valence-electron chi connectivity index (χ0n) is 11.7. The van der Waals surface area contributed by atoms with Gasteiger partial charge in [0, 0.05) is 31.1 Å².